The molecule has 7 heteroatoms. The van der Waals surface area contributed by atoms with E-state index in [-0.39, 0.29) is 0 Å². The number of aromatic nitrogens is 2. The van der Waals surface area contributed by atoms with Gasteiger partial charge in [0.05, 0.1) is 11.2 Å². The molecule has 112 valence electrons. The Bertz CT molecular complexity index is 759. The SMILES string of the molecule is Cc1c(B2OC(C)(C)C(C)(C)O2)cnc2c1oc(=O)n2C. The molecule has 3 rings (SSSR count). The zero-order valence-electron chi connectivity index (χ0n) is 13.2. The topological polar surface area (TPSA) is 66.5 Å². The molecule has 0 unspecified atom stereocenters. The standard InChI is InChI=1S/C14H19BN2O4/c1-8-9(15-20-13(2,3)14(4,5)21-15)7-16-11-10(8)19-12(18)17(11)6/h7H,1-6H3. The van der Waals surface area contributed by atoms with Crippen LogP contribution in [0.1, 0.15) is 33.3 Å². The van der Waals surface area contributed by atoms with Gasteiger partial charge in [-0.1, -0.05) is 0 Å². The van der Waals surface area contributed by atoms with Crippen molar-refractivity contribution in [1.82, 2.24) is 9.55 Å². The molecular formula is C14H19BN2O4. The van der Waals surface area contributed by atoms with E-state index < -0.39 is 24.1 Å². The maximum atomic E-state index is 11.6. The van der Waals surface area contributed by atoms with Crippen LogP contribution in [0.25, 0.3) is 11.2 Å². The molecule has 1 fully saturated rings. The van der Waals surface area contributed by atoms with E-state index in [1.807, 2.05) is 34.6 Å². The van der Waals surface area contributed by atoms with E-state index in [0.717, 1.165) is 11.0 Å². The van der Waals surface area contributed by atoms with Crippen LogP contribution < -0.4 is 11.2 Å². The third-order valence-electron chi connectivity index (χ3n) is 4.59. The van der Waals surface area contributed by atoms with Crippen LogP contribution in [0.5, 0.6) is 0 Å². The Labute approximate surface area is 123 Å². The number of fused-ring (bicyclic) bond motifs is 1. The predicted octanol–water partition coefficient (Wildman–Crippen LogP) is 1.13. The van der Waals surface area contributed by atoms with Crippen LogP contribution in [-0.4, -0.2) is 27.9 Å². The van der Waals surface area contributed by atoms with E-state index in [9.17, 15) is 4.79 Å². The Kier molecular flexibility index (Phi) is 2.87. The summed E-state index contributed by atoms with van der Waals surface area (Å²) < 4.78 is 18.7. The third kappa shape index (κ3) is 1.95. The van der Waals surface area contributed by atoms with Crippen LogP contribution in [0.15, 0.2) is 15.4 Å². The van der Waals surface area contributed by atoms with E-state index in [2.05, 4.69) is 4.98 Å². The van der Waals surface area contributed by atoms with Crippen molar-refractivity contribution < 1.29 is 13.7 Å². The summed E-state index contributed by atoms with van der Waals surface area (Å²) in [5.74, 6) is -0.424. The van der Waals surface area contributed by atoms with Crippen LogP contribution in [0.2, 0.25) is 0 Å². The molecule has 0 aliphatic carbocycles. The van der Waals surface area contributed by atoms with Crippen molar-refractivity contribution in [2.24, 2.45) is 7.05 Å². The molecule has 1 aliphatic heterocycles. The summed E-state index contributed by atoms with van der Waals surface area (Å²) in [5.41, 5.74) is 1.77. The van der Waals surface area contributed by atoms with Gasteiger partial charge in [-0.25, -0.2) is 9.78 Å². The summed E-state index contributed by atoms with van der Waals surface area (Å²) in [4.78, 5) is 15.9. The molecule has 6 nitrogen and oxygen atoms in total. The summed E-state index contributed by atoms with van der Waals surface area (Å²) in [6.45, 7) is 9.87. The molecule has 0 bridgehead atoms. The summed E-state index contributed by atoms with van der Waals surface area (Å²) in [5, 5.41) is 0. The van der Waals surface area contributed by atoms with Crippen molar-refractivity contribution in [1.29, 1.82) is 0 Å². The number of hydrogen-bond donors (Lipinski definition) is 0. The molecule has 0 spiro atoms. The van der Waals surface area contributed by atoms with Gasteiger partial charge in [0.1, 0.15) is 0 Å². The second-order valence-corrected chi connectivity index (χ2v) is 6.51. The van der Waals surface area contributed by atoms with Crippen molar-refractivity contribution in [3.63, 3.8) is 0 Å². The first kappa shape index (κ1) is 14.3. The quantitative estimate of drug-likeness (QED) is 0.737. The van der Waals surface area contributed by atoms with E-state index in [4.69, 9.17) is 13.7 Å². The zero-order valence-corrected chi connectivity index (χ0v) is 13.2. The summed E-state index contributed by atoms with van der Waals surface area (Å²) in [7, 11) is 1.12. The summed E-state index contributed by atoms with van der Waals surface area (Å²) >= 11 is 0. The second kappa shape index (κ2) is 4.21. The van der Waals surface area contributed by atoms with Gasteiger partial charge in [0.25, 0.3) is 0 Å². The fourth-order valence-corrected chi connectivity index (χ4v) is 2.40. The van der Waals surface area contributed by atoms with Crippen molar-refractivity contribution in [2.75, 3.05) is 0 Å². The average molecular weight is 290 g/mol. The normalized spacial score (nSPS) is 20.4. The lowest BCUT2D eigenvalue weighted by molar-refractivity contribution is 0.00578. The number of rotatable bonds is 1. The first-order valence-corrected chi connectivity index (χ1v) is 6.95. The molecule has 0 atom stereocenters. The molecule has 2 aromatic rings. The number of hydrogen-bond acceptors (Lipinski definition) is 5. The highest BCUT2D eigenvalue weighted by Crippen LogP contribution is 2.36. The Morgan fingerprint density at radius 3 is 2.33 bits per heavy atom. The van der Waals surface area contributed by atoms with Gasteiger partial charge in [-0.15, -0.1) is 0 Å². The number of pyridine rings is 1. The minimum absolute atomic E-state index is 0.420. The summed E-state index contributed by atoms with van der Waals surface area (Å²) in [6.07, 6.45) is 1.69. The van der Waals surface area contributed by atoms with Crippen LogP contribution in [0.3, 0.4) is 0 Å². The molecule has 0 N–H and O–H groups in total. The maximum absolute atomic E-state index is 11.6. The minimum Gasteiger partial charge on any atom is -0.406 e. The van der Waals surface area contributed by atoms with Crippen LogP contribution in [0.4, 0.5) is 0 Å². The monoisotopic (exact) mass is 290 g/mol. The molecule has 0 amide bonds. The maximum Gasteiger partial charge on any atom is 0.496 e. The molecule has 2 aromatic heterocycles. The molecule has 0 aromatic carbocycles. The Morgan fingerprint density at radius 1 is 1.19 bits per heavy atom. The van der Waals surface area contributed by atoms with Crippen molar-refractivity contribution in [2.45, 2.75) is 45.8 Å². The average Bonchev–Trinajstić information content (AvgIpc) is 2.76. The van der Waals surface area contributed by atoms with E-state index >= 15 is 0 Å². The fourth-order valence-electron chi connectivity index (χ4n) is 2.40. The first-order chi connectivity index (χ1) is 9.64. The molecule has 1 aliphatic rings. The van der Waals surface area contributed by atoms with Gasteiger partial charge < -0.3 is 13.7 Å². The molecular weight excluding hydrogens is 271 g/mol. The fraction of sp³-hybridized carbons (Fsp3) is 0.571. The van der Waals surface area contributed by atoms with Gasteiger partial charge in [-0.05, 0) is 40.2 Å². The third-order valence-corrected chi connectivity index (χ3v) is 4.59. The molecule has 0 saturated carbocycles. The summed E-state index contributed by atoms with van der Waals surface area (Å²) in [6, 6.07) is 0. The van der Waals surface area contributed by atoms with Crippen molar-refractivity contribution in [3.8, 4) is 0 Å². The van der Waals surface area contributed by atoms with Gasteiger partial charge in [0.15, 0.2) is 11.2 Å². The largest absolute Gasteiger partial charge is 0.496 e. The van der Waals surface area contributed by atoms with E-state index in [1.54, 1.807) is 13.2 Å². The smallest absolute Gasteiger partial charge is 0.406 e. The second-order valence-electron chi connectivity index (χ2n) is 6.51. The number of oxazole rings is 1. The highest BCUT2D eigenvalue weighted by atomic mass is 16.7. The van der Waals surface area contributed by atoms with Gasteiger partial charge in [-0.3, -0.25) is 4.57 Å². The number of aryl methyl sites for hydroxylation is 2. The Morgan fingerprint density at radius 2 is 1.76 bits per heavy atom. The Hall–Kier alpha value is -1.60. The highest BCUT2D eigenvalue weighted by Gasteiger charge is 2.52. The minimum atomic E-state index is -0.516. The van der Waals surface area contributed by atoms with Gasteiger partial charge in [-0.2, -0.15) is 0 Å². The Balaban J connectivity index is 2.11. The zero-order chi connectivity index (χ0) is 15.6. The van der Waals surface area contributed by atoms with Crippen LogP contribution >= 0.6 is 0 Å². The van der Waals surface area contributed by atoms with Crippen LogP contribution in [-0.2, 0) is 16.4 Å². The lowest BCUT2D eigenvalue weighted by atomic mass is 9.77. The molecule has 0 radical (unpaired) electrons. The molecule has 1 saturated heterocycles. The lowest BCUT2D eigenvalue weighted by Gasteiger charge is -2.32. The van der Waals surface area contributed by atoms with E-state index in [1.165, 1.54) is 4.57 Å². The predicted molar refractivity (Wildman–Crippen MR) is 79.7 cm³/mol. The van der Waals surface area contributed by atoms with Gasteiger partial charge >= 0.3 is 12.9 Å². The van der Waals surface area contributed by atoms with E-state index in [0.29, 0.717) is 11.2 Å². The van der Waals surface area contributed by atoms with Crippen molar-refractivity contribution >= 4 is 23.8 Å². The highest BCUT2D eigenvalue weighted by molar-refractivity contribution is 6.62. The molecule has 3 heterocycles. The lowest BCUT2D eigenvalue weighted by Crippen LogP contribution is -2.41. The van der Waals surface area contributed by atoms with Crippen molar-refractivity contribution in [3.05, 3.63) is 22.3 Å². The molecule has 21 heavy (non-hydrogen) atoms. The number of nitrogens with zero attached hydrogens (tertiary/aromatic N) is 2. The van der Waals surface area contributed by atoms with Crippen LogP contribution in [0, 0.1) is 6.92 Å². The van der Waals surface area contributed by atoms with Gasteiger partial charge in [0.2, 0.25) is 0 Å². The first-order valence-electron chi connectivity index (χ1n) is 6.95. The van der Waals surface area contributed by atoms with Gasteiger partial charge in [0, 0.05) is 18.7 Å².